The Hall–Kier alpha value is -4.39. The number of phenolic OH excluding ortho intramolecular Hbond substituents is 1. The highest BCUT2D eigenvalue weighted by molar-refractivity contribution is 7.11. The summed E-state index contributed by atoms with van der Waals surface area (Å²) in [6.45, 7) is 5.43. The van der Waals surface area contributed by atoms with Gasteiger partial charge in [-0.3, -0.25) is 14.5 Å². The standard InChI is InChI=1S/C34H36FN5O5S/c1-21-31(46-20-37-21)33(43)39-26-7-5-25(6-8-26)38-32(42)30-17-24(35)18-36-34(30)45-28-4-2-3-22(16-28)29-10-9-27(41)15-23(29)19-40-11-13-44-14-12-40/h2-4,9-10,15-18,20,25-26,41H,5-8,11-14,19H2,1H3,(H,38,42)(H,39,43). The Kier molecular flexibility index (Phi) is 9.86. The number of benzene rings is 2. The number of morpholine rings is 1. The third kappa shape index (κ3) is 7.69. The maximum absolute atomic E-state index is 14.3. The number of rotatable bonds is 9. The maximum Gasteiger partial charge on any atom is 0.263 e. The minimum absolute atomic E-state index is 0.000797. The molecular weight excluding hydrogens is 609 g/mol. The van der Waals surface area contributed by atoms with E-state index >= 15 is 0 Å². The van der Waals surface area contributed by atoms with Crippen molar-refractivity contribution in [3.63, 3.8) is 0 Å². The number of thiazole rings is 1. The van der Waals surface area contributed by atoms with E-state index in [1.165, 1.54) is 11.3 Å². The molecule has 6 rings (SSSR count). The number of ether oxygens (including phenoxy) is 2. The zero-order valence-electron chi connectivity index (χ0n) is 25.5. The molecule has 1 saturated heterocycles. The molecule has 12 heteroatoms. The largest absolute Gasteiger partial charge is 0.508 e. The lowest BCUT2D eigenvalue weighted by Gasteiger charge is -2.29. The molecule has 0 bridgehead atoms. The Morgan fingerprint density at radius 3 is 2.48 bits per heavy atom. The second kappa shape index (κ2) is 14.4. The third-order valence-electron chi connectivity index (χ3n) is 8.36. The molecular formula is C34H36FN5O5S. The molecule has 0 radical (unpaired) electrons. The van der Waals surface area contributed by atoms with Gasteiger partial charge in [0.25, 0.3) is 11.8 Å². The highest BCUT2D eigenvalue weighted by Crippen LogP contribution is 2.33. The number of nitrogens with zero attached hydrogens (tertiary/aromatic N) is 3. The Labute approximate surface area is 270 Å². The van der Waals surface area contributed by atoms with E-state index < -0.39 is 11.7 Å². The topological polar surface area (TPSA) is 126 Å². The number of amides is 2. The van der Waals surface area contributed by atoms with E-state index in [4.69, 9.17) is 9.47 Å². The molecule has 2 aromatic heterocycles. The third-order valence-corrected chi connectivity index (χ3v) is 9.29. The molecule has 0 atom stereocenters. The van der Waals surface area contributed by atoms with Crippen molar-refractivity contribution >= 4 is 23.2 Å². The van der Waals surface area contributed by atoms with E-state index in [-0.39, 0.29) is 35.2 Å². The lowest BCUT2D eigenvalue weighted by Crippen LogP contribution is -2.43. The van der Waals surface area contributed by atoms with Crippen molar-refractivity contribution in [1.29, 1.82) is 0 Å². The number of pyridine rings is 1. The fourth-order valence-electron chi connectivity index (χ4n) is 5.92. The van der Waals surface area contributed by atoms with Gasteiger partial charge >= 0.3 is 0 Å². The number of halogens is 1. The first-order chi connectivity index (χ1) is 22.3. The molecule has 1 aliphatic carbocycles. The van der Waals surface area contributed by atoms with Crippen LogP contribution in [0.25, 0.3) is 11.1 Å². The van der Waals surface area contributed by atoms with Gasteiger partial charge in [-0.2, -0.15) is 0 Å². The summed E-state index contributed by atoms with van der Waals surface area (Å²) in [5.74, 6) is -0.623. The zero-order valence-corrected chi connectivity index (χ0v) is 26.3. The summed E-state index contributed by atoms with van der Waals surface area (Å²) in [5.41, 5.74) is 5.14. The highest BCUT2D eigenvalue weighted by Gasteiger charge is 2.27. The van der Waals surface area contributed by atoms with Crippen molar-refractivity contribution in [2.24, 2.45) is 0 Å². The van der Waals surface area contributed by atoms with Crippen molar-refractivity contribution in [2.45, 2.75) is 51.2 Å². The van der Waals surface area contributed by atoms with Crippen LogP contribution in [0, 0.1) is 12.7 Å². The second-order valence-corrected chi connectivity index (χ2v) is 12.5. The van der Waals surface area contributed by atoms with Crippen molar-refractivity contribution in [3.05, 3.63) is 87.8 Å². The van der Waals surface area contributed by atoms with Crippen LogP contribution in [-0.4, -0.2) is 70.2 Å². The Balaban J connectivity index is 1.12. The van der Waals surface area contributed by atoms with E-state index in [0.717, 1.165) is 42.0 Å². The molecule has 3 N–H and O–H groups in total. The summed E-state index contributed by atoms with van der Waals surface area (Å²) in [7, 11) is 0. The van der Waals surface area contributed by atoms with Crippen LogP contribution in [0.5, 0.6) is 17.4 Å². The molecule has 240 valence electrons. The van der Waals surface area contributed by atoms with Crippen LogP contribution in [0.4, 0.5) is 4.39 Å². The molecule has 1 saturated carbocycles. The van der Waals surface area contributed by atoms with Gasteiger partial charge in [0.15, 0.2) is 0 Å². The number of aryl methyl sites for hydroxylation is 1. The maximum atomic E-state index is 14.3. The monoisotopic (exact) mass is 645 g/mol. The van der Waals surface area contributed by atoms with Gasteiger partial charge in [0.05, 0.1) is 30.6 Å². The molecule has 1 aliphatic heterocycles. The van der Waals surface area contributed by atoms with E-state index in [2.05, 4.69) is 25.5 Å². The molecule has 4 aromatic rings. The number of phenols is 1. The first-order valence-corrected chi connectivity index (χ1v) is 16.3. The van der Waals surface area contributed by atoms with Gasteiger partial charge in [0.2, 0.25) is 5.88 Å². The SMILES string of the molecule is Cc1ncsc1C(=O)NC1CCC(NC(=O)c2cc(F)cnc2Oc2cccc(-c3ccc(O)cc3CN3CCOCC3)c2)CC1. The van der Waals surface area contributed by atoms with Gasteiger partial charge in [-0.1, -0.05) is 18.2 Å². The van der Waals surface area contributed by atoms with Crippen molar-refractivity contribution in [2.75, 3.05) is 26.3 Å². The van der Waals surface area contributed by atoms with E-state index in [0.29, 0.717) is 61.8 Å². The number of carbonyl (C=O) groups excluding carboxylic acids is 2. The lowest BCUT2D eigenvalue weighted by molar-refractivity contribution is 0.0342. The van der Waals surface area contributed by atoms with Crippen LogP contribution >= 0.6 is 11.3 Å². The normalized spacial score (nSPS) is 18.6. The first-order valence-electron chi connectivity index (χ1n) is 15.4. The van der Waals surface area contributed by atoms with Gasteiger partial charge in [-0.15, -0.1) is 11.3 Å². The van der Waals surface area contributed by atoms with Gasteiger partial charge in [-0.25, -0.2) is 14.4 Å². The Morgan fingerprint density at radius 2 is 1.76 bits per heavy atom. The first kappa shape index (κ1) is 31.6. The van der Waals surface area contributed by atoms with Gasteiger partial charge in [0, 0.05) is 31.7 Å². The van der Waals surface area contributed by atoms with E-state index in [1.54, 1.807) is 23.7 Å². The highest BCUT2D eigenvalue weighted by atomic mass is 32.1. The van der Waals surface area contributed by atoms with Crippen LogP contribution in [0.3, 0.4) is 0 Å². The fourth-order valence-corrected chi connectivity index (χ4v) is 6.62. The van der Waals surface area contributed by atoms with Gasteiger partial charge < -0.3 is 25.2 Å². The molecule has 2 aromatic carbocycles. The average Bonchev–Trinajstić information content (AvgIpc) is 3.49. The van der Waals surface area contributed by atoms with Crippen LogP contribution < -0.4 is 15.4 Å². The average molecular weight is 646 g/mol. The molecule has 0 spiro atoms. The zero-order chi connectivity index (χ0) is 32.0. The number of hydrogen-bond acceptors (Lipinski definition) is 9. The van der Waals surface area contributed by atoms with Crippen molar-refractivity contribution in [3.8, 4) is 28.5 Å². The Bertz CT molecular complexity index is 1700. The molecule has 10 nitrogen and oxygen atoms in total. The second-order valence-electron chi connectivity index (χ2n) is 11.6. The smallest absolute Gasteiger partial charge is 0.263 e. The van der Waals surface area contributed by atoms with Crippen molar-refractivity contribution in [1.82, 2.24) is 25.5 Å². The number of nitrogens with one attached hydrogen (secondary N) is 2. The predicted molar refractivity (Wildman–Crippen MR) is 172 cm³/mol. The summed E-state index contributed by atoms with van der Waals surface area (Å²) in [4.78, 5) is 37.1. The number of aromatic hydroxyl groups is 1. The molecule has 2 amide bonds. The number of hydrogen-bond donors (Lipinski definition) is 3. The van der Waals surface area contributed by atoms with Gasteiger partial charge in [0.1, 0.15) is 27.8 Å². The minimum Gasteiger partial charge on any atom is -0.508 e. The van der Waals surface area contributed by atoms with Crippen LogP contribution in [-0.2, 0) is 11.3 Å². The number of carbonyl (C=O) groups is 2. The summed E-state index contributed by atoms with van der Waals surface area (Å²) in [6.07, 6.45) is 3.76. The van der Waals surface area contributed by atoms with Crippen LogP contribution in [0.15, 0.2) is 60.2 Å². The Morgan fingerprint density at radius 1 is 1.02 bits per heavy atom. The predicted octanol–water partition coefficient (Wildman–Crippen LogP) is 5.45. The summed E-state index contributed by atoms with van der Waals surface area (Å²) >= 11 is 1.32. The molecule has 3 heterocycles. The number of aromatic nitrogens is 2. The van der Waals surface area contributed by atoms with Crippen LogP contribution in [0.2, 0.25) is 0 Å². The molecule has 46 heavy (non-hydrogen) atoms. The summed E-state index contributed by atoms with van der Waals surface area (Å²) in [6, 6.07) is 13.7. The van der Waals surface area contributed by atoms with E-state index in [9.17, 15) is 19.1 Å². The quantitative estimate of drug-likeness (QED) is 0.219. The van der Waals surface area contributed by atoms with Crippen molar-refractivity contribution < 1.29 is 28.6 Å². The fraction of sp³-hybridized carbons (Fsp3) is 0.353. The summed E-state index contributed by atoms with van der Waals surface area (Å²) < 4.78 is 25.9. The molecule has 2 fully saturated rings. The van der Waals surface area contributed by atoms with Crippen LogP contribution in [0.1, 0.15) is 57.0 Å². The van der Waals surface area contributed by atoms with E-state index in [1.807, 2.05) is 31.2 Å². The summed E-state index contributed by atoms with van der Waals surface area (Å²) in [5, 5.41) is 16.3. The lowest BCUT2D eigenvalue weighted by atomic mass is 9.91. The molecule has 2 aliphatic rings. The minimum atomic E-state index is -0.645. The van der Waals surface area contributed by atoms with Gasteiger partial charge in [-0.05, 0) is 79.6 Å². The molecule has 0 unspecified atom stereocenters.